The van der Waals surface area contributed by atoms with Gasteiger partial charge in [0.25, 0.3) is 11.8 Å². The van der Waals surface area contributed by atoms with Crippen LogP contribution < -0.4 is 10.7 Å². The molecule has 29 heavy (non-hydrogen) atoms. The highest BCUT2D eigenvalue weighted by Gasteiger charge is 2.17. The summed E-state index contributed by atoms with van der Waals surface area (Å²) in [6, 6.07) is 21.3. The number of amides is 2. The summed E-state index contributed by atoms with van der Waals surface area (Å²) in [5.41, 5.74) is 3.32. The molecule has 4 rings (SSSR count). The maximum Gasteiger partial charge on any atom is 0.263 e. The molecular weight excluding hydrogens is 406 g/mol. The predicted octanol–water partition coefficient (Wildman–Crippen LogP) is 4.59. The second-order valence-electron chi connectivity index (χ2n) is 6.29. The van der Waals surface area contributed by atoms with Gasteiger partial charge in [-0.15, -0.1) is 11.3 Å². The van der Waals surface area contributed by atoms with E-state index in [0.29, 0.717) is 9.90 Å². The Morgan fingerprint density at radius 2 is 1.69 bits per heavy atom. The Morgan fingerprint density at radius 1 is 0.966 bits per heavy atom. The predicted molar refractivity (Wildman–Crippen MR) is 119 cm³/mol. The SMILES string of the molecule is O=C(CNC(=O)c1sc2ccccc2c1Cl)NN=Cc1cccc2ccccc12. The number of benzene rings is 3. The van der Waals surface area contributed by atoms with Crippen LogP contribution in [-0.2, 0) is 4.79 Å². The van der Waals surface area contributed by atoms with Crippen molar-refractivity contribution in [2.24, 2.45) is 5.10 Å². The number of carbonyl (C=O) groups excluding carboxylic acids is 2. The Kier molecular flexibility index (Phi) is 5.55. The summed E-state index contributed by atoms with van der Waals surface area (Å²) >= 11 is 7.59. The fourth-order valence-corrected chi connectivity index (χ4v) is 4.41. The number of thiophene rings is 1. The van der Waals surface area contributed by atoms with Crippen molar-refractivity contribution in [3.63, 3.8) is 0 Å². The first kappa shape index (κ1) is 19.1. The Bertz CT molecular complexity index is 1240. The minimum absolute atomic E-state index is 0.198. The van der Waals surface area contributed by atoms with E-state index in [2.05, 4.69) is 15.8 Å². The van der Waals surface area contributed by atoms with Crippen molar-refractivity contribution in [1.29, 1.82) is 0 Å². The van der Waals surface area contributed by atoms with Gasteiger partial charge in [0.1, 0.15) is 4.88 Å². The van der Waals surface area contributed by atoms with E-state index < -0.39 is 5.91 Å². The molecule has 4 aromatic rings. The fraction of sp³-hybridized carbons (Fsp3) is 0.0455. The number of fused-ring (bicyclic) bond motifs is 2. The fourth-order valence-electron chi connectivity index (χ4n) is 2.98. The monoisotopic (exact) mass is 421 g/mol. The molecule has 0 radical (unpaired) electrons. The molecule has 0 saturated heterocycles. The molecule has 7 heteroatoms. The Morgan fingerprint density at radius 3 is 2.52 bits per heavy atom. The molecule has 2 amide bonds. The first-order valence-electron chi connectivity index (χ1n) is 8.88. The first-order chi connectivity index (χ1) is 14.1. The highest BCUT2D eigenvalue weighted by molar-refractivity contribution is 7.21. The summed E-state index contributed by atoms with van der Waals surface area (Å²) in [7, 11) is 0. The molecule has 1 heterocycles. The molecule has 0 saturated carbocycles. The van der Waals surface area contributed by atoms with Crippen molar-refractivity contribution >= 4 is 61.8 Å². The molecule has 3 aromatic carbocycles. The van der Waals surface area contributed by atoms with Crippen LogP contribution in [0.3, 0.4) is 0 Å². The van der Waals surface area contributed by atoms with Crippen LogP contribution in [0.5, 0.6) is 0 Å². The van der Waals surface area contributed by atoms with Crippen LogP contribution in [-0.4, -0.2) is 24.6 Å². The van der Waals surface area contributed by atoms with Gasteiger partial charge in [-0.2, -0.15) is 5.10 Å². The van der Waals surface area contributed by atoms with Crippen LogP contribution in [0.4, 0.5) is 0 Å². The molecule has 0 unspecified atom stereocenters. The molecule has 0 aliphatic carbocycles. The Balaban J connectivity index is 1.36. The molecule has 2 N–H and O–H groups in total. The quantitative estimate of drug-likeness (QED) is 0.365. The maximum atomic E-state index is 12.4. The summed E-state index contributed by atoms with van der Waals surface area (Å²) in [4.78, 5) is 24.8. The largest absolute Gasteiger partial charge is 0.342 e. The minimum Gasteiger partial charge on any atom is -0.342 e. The van der Waals surface area contributed by atoms with Gasteiger partial charge in [0.05, 0.1) is 17.8 Å². The zero-order valence-electron chi connectivity index (χ0n) is 15.2. The number of nitrogens with zero attached hydrogens (tertiary/aromatic N) is 1. The lowest BCUT2D eigenvalue weighted by atomic mass is 10.1. The molecule has 0 atom stereocenters. The van der Waals surface area contributed by atoms with Crippen LogP contribution in [0.2, 0.25) is 5.02 Å². The van der Waals surface area contributed by atoms with Gasteiger partial charge in [-0.1, -0.05) is 72.3 Å². The van der Waals surface area contributed by atoms with E-state index in [1.807, 2.05) is 66.7 Å². The summed E-state index contributed by atoms with van der Waals surface area (Å²) in [5.74, 6) is -0.809. The third kappa shape index (κ3) is 4.13. The number of hydrogen-bond acceptors (Lipinski definition) is 4. The highest BCUT2D eigenvalue weighted by Crippen LogP contribution is 2.34. The summed E-state index contributed by atoms with van der Waals surface area (Å²) in [6.45, 7) is -0.198. The molecule has 0 fully saturated rings. The lowest BCUT2D eigenvalue weighted by molar-refractivity contribution is -0.120. The van der Waals surface area contributed by atoms with Gasteiger partial charge in [-0.3, -0.25) is 9.59 Å². The molecule has 0 bridgehead atoms. The van der Waals surface area contributed by atoms with Crippen molar-refractivity contribution in [1.82, 2.24) is 10.7 Å². The van der Waals surface area contributed by atoms with Gasteiger partial charge < -0.3 is 5.32 Å². The molecule has 1 aromatic heterocycles. The van der Waals surface area contributed by atoms with Crippen molar-refractivity contribution in [2.75, 3.05) is 6.54 Å². The van der Waals surface area contributed by atoms with E-state index in [0.717, 1.165) is 26.4 Å². The third-order valence-electron chi connectivity index (χ3n) is 4.37. The third-order valence-corrected chi connectivity index (χ3v) is 6.04. The summed E-state index contributed by atoms with van der Waals surface area (Å²) in [5, 5.41) is 9.94. The lowest BCUT2D eigenvalue weighted by Crippen LogP contribution is -2.34. The highest BCUT2D eigenvalue weighted by atomic mass is 35.5. The number of carbonyl (C=O) groups is 2. The number of hydrazone groups is 1. The van der Waals surface area contributed by atoms with E-state index >= 15 is 0 Å². The average Bonchev–Trinajstić information content (AvgIpc) is 3.09. The maximum absolute atomic E-state index is 12.4. The van der Waals surface area contributed by atoms with Crippen LogP contribution in [0.15, 0.2) is 71.8 Å². The first-order valence-corrected chi connectivity index (χ1v) is 10.1. The zero-order valence-corrected chi connectivity index (χ0v) is 16.8. The number of hydrogen-bond donors (Lipinski definition) is 2. The molecule has 144 valence electrons. The van der Waals surface area contributed by atoms with Crippen LogP contribution in [0.25, 0.3) is 20.9 Å². The molecular formula is C22H16ClN3O2S. The van der Waals surface area contributed by atoms with Crippen molar-refractivity contribution in [3.8, 4) is 0 Å². The van der Waals surface area contributed by atoms with Crippen LogP contribution >= 0.6 is 22.9 Å². The van der Waals surface area contributed by atoms with Crippen molar-refractivity contribution in [3.05, 3.63) is 82.2 Å². The van der Waals surface area contributed by atoms with Gasteiger partial charge in [0, 0.05) is 15.6 Å². The zero-order chi connectivity index (χ0) is 20.2. The van der Waals surface area contributed by atoms with E-state index in [-0.39, 0.29) is 12.5 Å². The number of halogens is 1. The second kappa shape index (κ2) is 8.43. The van der Waals surface area contributed by atoms with Crippen LogP contribution in [0, 0.1) is 0 Å². The van der Waals surface area contributed by atoms with Gasteiger partial charge in [0.15, 0.2) is 0 Å². The Hall–Kier alpha value is -3.22. The van der Waals surface area contributed by atoms with Crippen molar-refractivity contribution in [2.45, 2.75) is 0 Å². The van der Waals surface area contributed by atoms with E-state index in [4.69, 9.17) is 11.6 Å². The second-order valence-corrected chi connectivity index (χ2v) is 7.72. The summed E-state index contributed by atoms with van der Waals surface area (Å²) in [6.07, 6.45) is 1.59. The van der Waals surface area contributed by atoms with Gasteiger partial charge in [-0.25, -0.2) is 5.43 Å². The number of nitrogens with one attached hydrogen (secondary N) is 2. The van der Waals surface area contributed by atoms with Gasteiger partial charge in [0.2, 0.25) is 0 Å². The minimum atomic E-state index is -0.424. The summed E-state index contributed by atoms with van der Waals surface area (Å²) < 4.78 is 0.923. The number of rotatable bonds is 5. The van der Waals surface area contributed by atoms with E-state index in [1.54, 1.807) is 6.21 Å². The molecule has 0 spiro atoms. The molecule has 0 aliphatic rings. The van der Waals surface area contributed by atoms with Gasteiger partial charge in [-0.05, 0) is 16.8 Å². The van der Waals surface area contributed by atoms with E-state index in [9.17, 15) is 9.59 Å². The molecule has 0 aliphatic heterocycles. The normalized spacial score (nSPS) is 11.2. The van der Waals surface area contributed by atoms with Crippen LogP contribution in [0.1, 0.15) is 15.2 Å². The van der Waals surface area contributed by atoms with Gasteiger partial charge >= 0.3 is 0 Å². The smallest absolute Gasteiger partial charge is 0.263 e. The van der Waals surface area contributed by atoms with Crippen molar-refractivity contribution < 1.29 is 9.59 Å². The topological polar surface area (TPSA) is 70.6 Å². The lowest BCUT2D eigenvalue weighted by Gasteiger charge is -2.04. The Labute approximate surface area is 176 Å². The standard InChI is InChI=1S/C22H16ClN3O2S/c23-20-17-10-3-4-11-18(17)29-21(20)22(28)24-13-19(27)26-25-12-15-8-5-7-14-6-1-2-9-16(14)15/h1-12H,13H2,(H,24,28)(H,26,27). The average molecular weight is 422 g/mol. The van der Waals surface area contributed by atoms with E-state index in [1.165, 1.54) is 11.3 Å². The molecule has 5 nitrogen and oxygen atoms in total.